The van der Waals surface area contributed by atoms with Crippen molar-refractivity contribution in [3.05, 3.63) is 29.3 Å². The molecule has 0 atom stereocenters. The molecular weight excluding hydrogens is 290 g/mol. The summed E-state index contributed by atoms with van der Waals surface area (Å²) in [5.74, 6) is -1.56. The second-order valence-electron chi connectivity index (χ2n) is 4.58. The van der Waals surface area contributed by atoms with Crippen LogP contribution in [0.5, 0.6) is 0 Å². The Hall–Kier alpha value is -1.88. The van der Waals surface area contributed by atoms with Crippen molar-refractivity contribution < 1.29 is 9.59 Å². The number of halogens is 1. The molecule has 1 rings (SSSR count). The van der Waals surface area contributed by atoms with Gasteiger partial charge in [-0.1, -0.05) is 44.4 Å². The number of carbonyl (C=O) groups is 2. The zero-order valence-corrected chi connectivity index (χ0v) is 13.0. The normalized spacial score (nSPS) is 9.86. The van der Waals surface area contributed by atoms with Crippen molar-refractivity contribution in [1.82, 2.24) is 5.43 Å². The van der Waals surface area contributed by atoms with Crippen LogP contribution in [-0.2, 0) is 9.59 Å². The van der Waals surface area contributed by atoms with Crippen molar-refractivity contribution in [3.63, 3.8) is 0 Å². The van der Waals surface area contributed by atoms with Crippen LogP contribution in [0.2, 0.25) is 5.02 Å². The van der Waals surface area contributed by atoms with Gasteiger partial charge in [0, 0.05) is 16.4 Å². The van der Waals surface area contributed by atoms with E-state index in [4.69, 9.17) is 11.6 Å². The lowest BCUT2D eigenvalue weighted by Gasteiger charge is -2.06. The van der Waals surface area contributed by atoms with Gasteiger partial charge >= 0.3 is 11.8 Å². The molecule has 1 aromatic rings. The quantitative estimate of drug-likeness (QED) is 0.480. The van der Waals surface area contributed by atoms with Crippen LogP contribution in [0.1, 0.15) is 39.5 Å². The van der Waals surface area contributed by atoms with Crippen molar-refractivity contribution in [1.29, 1.82) is 0 Å². The summed E-state index contributed by atoms with van der Waals surface area (Å²) in [6, 6.07) is 6.59. The molecule has 0 unspecified atom stereocenters. The Morgan fingerprint density at radius 3 is 2.38 bits per heavy atom. The predicted molar refractivity (Wildman–Crippen MR) is 85.5 cm³/mol. The van der Waals surface area contributed by atoms with E-state index >= 15 is 0 Å². The van der Waals surface area contributed by atoms with Crippen LogP contribution in [0.25, 0.3) is 0 Å². The molecule has 1 aromatic carbocycles. The highest BCUT2D eigenvalue weighted by Crippen LogP contribution is 2.14. The number of nitrogens with zero attached hydrogens (tertiary/aromatic N) is 1. The van der Waals surface area contributed by atoms with Crippen molar-refractivity contribution in [3.8, 4) is 0 Å². The minimum atomic E-state index is -0.792. The minimum absolute atomic E-state index is 0.467. The van der Waals surface area contributed by atoms with Gasteiger partial charge < -0.3 is 5.32 Å². The van der Waals surface area contributed by atoms with Gasteiger partial charge in [0.05, 0.1) is 0 Å². The molecular formula is C15H20ClN3O2. The van der Waals surface area contributed by atoms with E-state index in [0.29, 0.717) is 10.7 Å². The molecule has 114 valence electrons. The molecule has 0 aliphatic carbocycles. The van der Waals surface area contributed by atoms with Gasteiger partial charge in [0.15, 0.2) is 0 Å². The van der Waals surface area contributed by atoms with Gasteiger partial charge in [-0.25, -0.2) is 5.43 Å². The average Bonchev–Trinajstić information content (AvgIpc) is 2.45. The van der Waals surface area contributed by atoms with Gasteiger partial charge in [-0.3, -0.25) is 9.59 Å². The number of nitrogens with one attached hydrogen (secondary N) is 2. The second kappa shape index (κ2) is 9.13. The molecule has 6 heteroatoms. The maximum absolute atomic E-state index is 11.7. The molecule has 0 saturated heterocycles. The molecule has 2 amide bonds. The first-order valence-corrected chi connectivity index (χ1v) is 7.37. The van der Waals surface area contributed by atoms with Crippen LogP contribution in [0, 0.1) is 0 Å². The van der Waals surface area contributed by atoms with Crippen LogP contribution in [0.3, 0.4) is 0 Å². The number of rotatable bonds is 6. The molecule has 5 nitrogen and oxygen atoms in total. The molecule has 0 saturated carbocycles. The van der Waals surface area contributed by atoms with Crippen LogP contribution in [0.15, 0.2) is 29.4 Å². The lowest BCUT2D eigenvalue weighted by Crippen LogP contribution is -2.33. The second-order valence-corrected chi connectivity index (χ2v) is 5.02. The minimum Gasteiger partial charge on any atom is -0.318 e. The van der Waals surface area contributed by atoms with Crippen molar-refractivity contribution >= 4 is 34.8 Å². The Morgan fingerprint density at radius 1 is 1.14 bits per heavy atom. The van der Waals surface area contributed by atoms with E-state index in [1.165, 1.54) is 0 Å². The van der Waals surface area contributed by atoms with Gasteiger partial charge in [0.25, 0.3) is 0 Å². The van der Waals surface area contributed by atoms with Gasteiger partial charge in [-0.05, 0) is 31.0 Å². The molecule has 0 bridgehead atoms. The number of benzene rings is 1. The zero-order valence-electron chi connectivity index (χ0n) is 12.3. The predicted octanol–water partition coefficient (Wildman–Crippen LogP) is 3.35. The number of amides is 2. The van der Waals surface area contributed by atoms with E-state index in [-0.39, 0.29) is 0 Å². The third-order valence-corrected chi connectivity index (χ3v) is 2.92. The summed E-state index contributed by atoms with van der Waals surface area (Å²) < 4.78 is 0. The Kier molecular flexibility index (Phi) is 7.46. The first kappa shape index (κ1) is 17.2. The molecule has 0 aliphatic rings. The molecule has 0 fully saturated rings. The maximum Gasteiger partial charge on any atom is 0.329 e. The number of carbonyl (C=O) groups excluding carboxylic acids is 2. The van der Waals surface area contributed by atoms with E-state index in [1.54, 1.807) is 24.3 Å². The van der Waals surface area contributed by atoms with Crippen molar-refractivity contribution in [2.24, 2.45) is 5.10 Å². The third kappa shape index (κ3) is 6.40. The van der Waals surface area contributed by atoms with Crippen LogP contribution >= 0.6 is 11.6 Å². The Labute approximate surface area is 129 Å². The van der Waals surface area contributed by atoms with E-state index in [1.807, 2.05) is 13.8 Å². The molecule has 2 N–H and O–H groups in total. The fourth-order valence-electron chi connectivity index (χ4n) is 1.75. The third-order valence-electron chi connectivity index (χ3n) is 2.68. The standard InChI is InChI=1S/C15H20ClN3O2/c1-3-6-12(7-4-2)18-19-15(21)14(20)17-13-9-5-8-11(16)10-13/h5,8-10H,3-4,6-7H2,1-2H3,(H,17,20)(H,19,21). The summed E-state index contributed by atoms with van der Waals surface area (Å²) in [6.45, 7) is 4.08. The molecule has 0 aromatic heterocycles. The van der Waals surface area contributed by atoms with Gasteiger partial charge in [-0.15, -0.1) is 0 Å². The van der Waals surface area contributed by atoms with Gasteiger partial charge in [-0.2, -0.15) is 5.10 Å². The van der Waals surface area contributed by atoms with Crippen LogP contribution < -0.4 is 10.7 Å². The average molecular weight is 310 g/mol. The highest BCUT2D eigenvalue weighted by molar-refractivity contribution is 6.39. The van der Waals surface area contributed by atoms with Crippen molar-refractivity contribution in [2.45, 2.75) is 39.5 Å². The first-order chi connectivity index (χ1) is 10.1. The van der Waals surface area contributed by atoms with Crippen LogP contribution in [0.4, 0.5) is 5.69 Å². The van der Waals surface area contributed by atoms with E-state index in [9.17, 15) is 9.59 Å². The Morgan fingerprint density at radius 2 is 1.81 bits per heavy atom. The Balaban J connectivity index is 2.58. The maximum atomic E-state index is 11.7. The fraction of sp³-hybridized carbons (Fsp3) is 0.400. The molecule has 0 spiro atoms. The number of anilines is 1. The smallest absolute Gasteiger partial charge is 0.318 e. The zero-order chi connectivity index (χ0) is 15.7. The summed E-state index contributed by atoms with van der Waals surface area (Å²) in [7, 11) is 0. The van der Waals surface area contributed by atoms with Crippen molar-refractivity contribution in [2.75, 3.05) is 5.32 Å². The van der Waals surface area contributed by atoms with E-state index in [2.05, 4.69) is 15.8 Å². The number of hydrogen-bond acceptors (Lipinski definition) is 3. The lowest BCUT2D eigenvalue weighted by atomic mass is 10.1. The summed E-state index contributed by atoms with van der Waals surface area (Å²) >= 11 is 5.81. The topological polar surface area (TPSA) is 70.6 Å². The summed E-state index contributed by atoms with van der Waals surface area (Å²) in [4.78, 5) is 23.4. The van der Waals surface area contributed by atoms with Gasteiger partial charge in [0.1, 0.15) is 0 Å². The fourth-order valence-corrected chi connectivity index (χ4v) is 1.94. The molecule has 21 heavy (non-hydrogen) atoms. The first-order valence-electron chi connectivity index (χ1n) is 6.99. The molecule has 0 radical (unpaired) electrons. The molecule has 0 heterocycles. The van der Waals surface area contributed by atoms with Crippen LogP contribution in [-0.4, -0.2) is 17.5 Å². The monoisotopic (exact) mass is 309 g/mol. The van der Waals surface area contributed by atoms with E-state index < -0.39 is 11.8 Å². The van der Waals surface area contributed by atoms with E-state index in [0.717, 1.165) is 31.4 Å². The summed E-state index contributed by atoms with van der Waals surface area (Å²) in [5, 5.41) is 6.96. The summed E-state index contributed by atoms with van der Waals surface area (Å²) in [5.41, 5.74) is 3.65. The summed E-state index contributed by atoms with van der Waals surface area (Å²) in [6.07, 6.45) is 3.51. The largest absolute Gasteiger partial charge is 0.329 e. The highest BCUT2D eigenvalue weighted by Gasteiger charge is 2.13. The highest BCUT2D eigenvalue weighted by atomic mass is 35.5. The number of hydrogen-bond donors (Lipinski definition) is 2. The van der Waals surface area contributed by atoms with Gasteiger partial charge in [0.2, 0.25) is 0 Å². The Bertz CT molecular complexity index is 521. The molecule has 0 aliphatic heterocycles. The lowest BCUT2D eigenvalue weighted by molar-refractivity contribution is -0.136. The number of hydrazone groups is 1. The SMILES string of the molecule is CCCC(CCC)=NNC(=O)C(=O)Nc1cccc(Cl)c1.